The number of carbonyl (C=O) groups is 1. The molecule has 0 radical (unpaired) electrons. The lowest BCUT2D eigenvalue weighted by atomic mass is 9.87. The summed E-state index contributed by atoms with van der Waals surface area (Å²) in [7, 11) is 0. The highest BCUT2D eigenvalue weighted by atomic mass is 19.4. The van der Waals surface area contributed by atoms with Gasteiger partial charge in [0.25, 0.3) is 0 Å². The highest BCUT2D eigenvalue weighted by Gasteiger charge is 2.45. The van der Waals surface area contributed by atoms with Gasteiger partial charge in [0.2, 0.25) is 5.91 Å². The van der Waals surface area contributed by atoms with Crippen LogP contribution in [-0.4, -0.2) is 39.4 Å². The summed E-state index contributed by atoms with van der Waals surface area (Å²) < 4.78 is 39.0. The van der Waals surface area contributed by atoms with Crippen LogP contribution in [0.1, 0.15) is 43.4 Å². The maximum Gasteiger partial charge on any atom is 0.433 e. The Morgan fingerprint density at radius 2 is 1.83 bits per heavy atom. The fourth-order valence-electron chi connectivity index (χ4n) is 4.50. The van der Waals surface area contributed by atoms with Gasteiger partial charge in [0.1, 0.15) is 17.8 Å². The molecule has 1 spiro atoms. The van der Waals surface area contributed by atoms with Gasteiger partial charge in [-0.05, 0) is 31.2 Å². The molecule has 8 heteroatoms. The van der Waals surface area contributed by atoms with Crippen LogP contribution in [-0.2, 0) is 17.5 Å². The molecule has 2 aliphatic rings. The average molecular weight is 404 g/mol. The lowest BCUT2D eigenvalue weighted by Gasteiger charge is -2.38. The van der Waals surface area contributed by atoms with Gasteiger partial charge in [-0.2, -0.15) is 13.2 Å². The molecule has 2 fully saturated rings. The minimum absolute atomic E-state index is 0.156. The highest BCUT2D eigenvalue weighted by Crippen LogP contribution is 2.40. The van der Waals surface area contributed by atoms with Crippen molar-refractivity contribution < 1.29 is 18.0 Å². The van der Waals surface area contributed by atoms with E-state index in [2.05, 4.69) is 9.97 Å². The van der Waals surface area contributed by atoms with E-state index < -0.39 is 11.9 Å². The van der Waals surface area contributed by atoms with Crippen LogP contribution in [0.4, 0.5) is 19.0 Å². The Morgan fingerprint density at radius 1 is 1.03 bits per heavy atom. The van der Waals surface area contributed by atoms with Crippen molar-refractivity contribution in [3.8, 4) is 0 Å². The van der Waals surface area contributed by atoms with Crippen molar-refractivity contribution in [1.82, 2.24) is 14.9 Å². The fourth-order valence-corrected chi connectivity index (χ4v) is 4.50. The number of hydrogen-bond acceptors (Lipinski definition) is 4. The molecule has 1 aromatic carbocycles. The molecular weight excluding hydrogens is 381 g/mol. The van der Waals surface area contributed by atoms with Crippen LogP contribution in [0.25, 0.3) is 0 Å². The summed E-state index contributed by atoms with van der Waals surface area (Å²) in [4.78, 5) is 23.9. The second kappa shape index (κ2) is 7.65. The number of benzene rings is 1. The van der Waals surface area contributed by atoms with E-state index in [9.17, 15) is 18.0 Å². The lowest BCUT2D eigenvalue weighted by Crippen LogP contribution is -2.46. The number of anilines is 1. The van der Waals surface area contributed by atoms with Crippen LogP contribution in [0.15, 0.2) is 42.7 Å². The molecule has 1 aromatic heterocycles. The van der Waals surface area contributed by atoms with Crippen molar-refractivity contribution in [3.63, 3.8) is 0 Å². The molecule has 29 heavy (non-hydrogen) atoms. The van der Waals surface area contributed by atoms with E-state index in [1.165, 1.54) is 0 Å². The van der Waals surface area contributed by atoms with Gasteiger partial charge in [0.15, 0.2) is 0 Å². The van der Waals surface area contributed by atoms with Gasteiger partial charge in [-0.25, -0.2) is 9.97 Å². The molecule has 1 amide bonds. The van der Waals surface area contributed by atoms with Crippen LogP contribution in [0.3, 0.4) is 0 Å². The molecule has 0 aliphatic carbocycles. The molecule has 1 atom stereocenters. The molecule has 2 aliphatic heterocycles. The van der Waals surface area contributed by atoms with Crippen LogP contribution in [0.5, 0.6) is 0 Å². The second-order valence-corrected chi connectivity index (χ2v) is 7.79. The normalized spacial score (nSPS) is 22.9. The molecule has 154 valence electrons. The third kappa shape index (κ3) is 4.06. The third-order valence-corrected chi connectivity index (χ3v) is 6.05. The first kappa shape index (κ1) is 19.7. The zero-order chi connectivity index (χ0) is 20.5. The van der Waals surface area contributed by atoms with E-state index in [0.717, 1.165) is 43.6 Å². The molecular formula is C21H23F3N4O. The summed E-state index contributed by atoms with van der Waals surface area (Å²) in [6.45, 7) is 1.75. The number of amides is 1. The Kier molecular flexibility index (Phi) is 5.19. The van der Waals surface area contributed by atoms with Crippen molar-refractivity contribution in [2.45, 2.75) is 50.4 Å². The average Bonchev–Trinajstić information content (AvgIpc) is 2.89. The Morgan fingerprint density at radius 3 is 2.59 bits per heavy atom. The maximum absolute atomic E-state index is 13.0. The summed E-state index contributed by atoms with van der Waals surface area (Å²) in [6, 6.07) is 10.9. The van der Waals surface area contributed by atoms with Crippen molar-refractivity contribution in [1.29, 1.82) is 0 Å². The zero-order valence-corrected chi connectivity index (χ0v) is 16.0. The summed E-state index contributed by atoms with van der Waals surface area (Å²) >= 11 is 0. The van der Waals surface area contributed by atoms with Crippen molar-refractivity contribution in [3.05, 3.63) is 54.0 Å². The van der Waals surface area contributed by atoms with Gasteiger partial charge in [-0.15, -0.1) is 0 Å². The first-order valence-corrected chi connectivity index (χ1v) is 9.86. The van der Waals surface area contributed by atoms with Crippen LogP contribution < -0.4 is 4.90 Å². The van der Waals surface area contributed by atoms with E-state index in [-0.39, 0.29) is 11.4 Å². The summed E-state index contributed by atoms with van der Waals surface area (Å²) in [5.74, 6) is 0.451. The van der Waals surface area contributed by atoms with E-state index in [1.54, 1.807) is 0 Å². The van der Waals surface area contributed by atoms with E-state index in [0.29, 0.717) is 31.9 Å². The van der Waals surface area contributed by atoms with Crippen LogP contribution >= 0.6 is 0 Å². The van der Waals surface area contributed by atoms with Gasteiger partial charge in [-0.3, -0.25) is 4.79 Å². The number of alkyl halides is 3. The molecule has 0 N–H and O–H groups in total. The predicted molar refractivity (Wildman–Crippen MR) is 102 cm³/mol. The maximum atomic E-state index is 13.0. The minimum Gasteiger partial charge on any atom is -0.356 e. The van der Waals surface area contributed by atoms with Crippen molar-refractivity contribution in [2.75, 3.05) is 18.0 Å². The Balaban J connectivity index is 1.52. The fraction of sp³-hybridized carbons (Fsp3) is 0.476. The Bertz CT molecular complexity index is 874. The molecule has 2 saturated heterocycles. The van der Waals surface area contributed by atoms with Crippen LogP contribution in [0, 0.1) is 0 Å². The zero-order valence-electron chi connectivity index (χ0n) is 16.0. The SMILES string of the molecule is O=C1CC[C@@]2(CCCN(c3cc(C(F)(F)F)ncn3)CC2)N1Cc1ccccc1. The third-order valence-electron chi connectivity index (χ3n) is 6.05. The largest absolute Gasteiger partial charge is 0.433 e. The monoisotopic (exact) mass is 404 g/mol. The standard InChI is InChI=1S/C21H23F3N4O/c22-21(23,24)17-13-18(26-15-25-17)27-11-4-8-20(10-12-27)9-7-19(29)28(20)14-16-5-2-1-3-6-16/h1-3,5-6,13,15H,4,7-12,14H2/t20-/m1/s1. The molecule has 0 bridgehead atoms. The molecule has 5 nitrogen and oxygen atoms in total. The smallest absolute Gasteiger partial charge is 0.356 e. The summed E-state index contributed by atoms with van der Waals surface area (Å²) in [5.41, 5.74) is -0.0706. The number of likely N-dealkylation sites (tertiary alicyclic amines) is 1. The first-order chi connectivity index (χ1) is 13.9. The molecule has 4 rings (SSSR count). The van der Waals surface area contributed by atoms with Gasteiger partial charge >= 0.3 is 6.18 Å². The van der Waals surface area contributed by atoms with Gasteiger partial charge in [0.05, 0.1) is 0 Å². The molecule has 2 aromatic rings. The topological polar surface area (TPSA) is 49.3 Å². The quantitative estimate of drug-likeness (QED) is 0.775. The Labute approximate surface area is 167 Å². The summed E-state index contributed by atoms with van der Waals surface area (Å²) in [6.07, 6.45) is 0.164. The Hall–Kier alpha value is -2.64. The van der Waals surface area contributed by atoms with Gasteiger partial charge in [0, 0.05) is 37.7 Å². The molecule has 0 unspecified atom stereocenters. The number of aromatic nitrogens is 2. The van der Waals surface area contributed by atoms with E-state index in [4.69, 9.17) is 0 Å². The number of nitrogens with zero attached hydrogens (tertiary/aromatic N) is 4. The van der Waals surface area contributed by atoms with Gasteiger partial charge in [-0.1, -0.05) is 30.3 Å². The molecule has 3 heterocycles. The first-order valence-electron chi connectivity index (χ1n) is 9.86. The lowest BCUT2D eigenvalue weighted by molar-refractivity contribution is -0.141. The predicted octanol–water partition coefficient (Wildman–Crippen LogP) is 4.05. The highest BCUT2D eigenvalue weighted by molar-refractivity contribution is 5.79. The second-order valence-electron chi connectivity index (χ2n) is 7.79. The van der Waals surface area contributed by atoms with Crippen molar-refractivity contribution >= 4 is 11.7 Å². The number of halogens is 3. The summed E-state index contributed by atoms with van der Waals surface area (Å²) in [5, 5.41) is 0. The number of carbonyl (C=O) groups excluding carboxylic acids is 1. The van der Waals surface area contributed by atoms with Gasteiger partial charge < -0.3 is 9.80 Å². The number of rotatable bonds is 3. The molecule has 0 saturated carbocycles. The van der Waals surface area contributed by atoms with E-state index >= 15 is 0 Å². The van der Waals surface area contributed by atoms with Crippen LogP contribution in [0.2, 0.25) is 0 Å². The minimum atomic E-state index is -4.49. The van der Waals surface area contributed by atoms with E-state index in [1.807, 2.05) is 40.1 Å². The van der Waals surface area contributed by atoms with Crippen molar-refractivity contribution in [2.24, 2.45) is 0 Å². The number of hydrogen-bond donors (Lipinski definition) is 0.